The van der Waals surface area contributed by atoms with Crippen LogP contribution in [0.5, 0.6) is 0 Å². The molecule has 6 nitrogen and oxygen atoms in total. The zero-order chi connectivity index (χ0) is 17.4. The number of furan rings is 1. The molecule has 1 fully saturated rings. The van der Waals surface area contributed by atoms with Crippen LogP contribution in [0, 0.1) is 12.8 Å². The molecule has 0 radical (unpaired) electrons. The van der Waals surface area contributed by atoms with Crippen LogP contribution >= 0.6 is 0 Å². The lowest BCUT2D eigenvalue weighted by molar-refractivity contribution is 0.116. The summed E-state index contributed by atoms with van der Waals surface area (Å²) in [5.41, 5.74) is 2.29. The number of piperidine rings is 1. The van der Waals surface area contributed by atoms with Gasteiger partial charge in [0.15, 0.2) is 0 Å². The van der Waals surface area contributed by atoms with Gasteiger partial charge in [-0.25, -0.2) is 9.78 Å². The molecular weight excluding hydrogens is 316 g/mol. The predicted molar refractivity (Wildman–Crippen MR) is 94.2 cm³/mol. The molecule has 3 unspecified atom stereocenters. The molecule has 1 saturated heterocycles. The van der Waals surface area contributed by atoms with E-state index >= 15 is 0 Å². The highest BCUT2D eigenvalue weighted by atomic mass is 16.3. The molecule has 0 aromatic carbocycles. The van der Waals surface area contributed by atoms with E-state index in [9.17, 15) is 4.79 Å². The van der Waals surface area contributed by atoms with Crippen molar-refractivity contribution in [1.82, 2.24) is 20.2 Å². The number of fused-ring (bicyclic) bond motifs is 1. The number of nitrogens with zero attached hydrogens (tertiary/aromatic N) is 2. The highest BCUT2D eigenvalue weighted by Crippen LogP contribution is 2.35. The lowest BCUT2D eigenvalue weighted by Gasteiger charge is -2.38. The highest BCUT2D eigenvalue weighted by Gasteiger charge is 2.34. The van der Waals surface area contributed by atoms with E-state index in [0.717, 1.165) is 61.6 Å². The standard InChI is InChI=1S/C19H26N4O2/c1-12-7-8-23(17(9-12)18-6-3-13(2)25-18)19(24)22-14-4-5-15-16(10-14)21-11-20-15/h3,6,11-12,14,17H,4-5,7-10H2,1-2H3,(H,20,21)(H,22,24). The van der Waals surface area contributed by atoms with E-state index in [1.165, 1.54) is 0 Å². The summed E-state index contributed by atoms with van der Waals surface area (Å²) in [4.78, 5) is 22.4. The summed E-state index contributed by atoms with van der Waals surface area (Å²) in [6.45, 7) is 4.97. The van der Waals surface area contributed by atoms with Gasteiger partial charge in [0.1, 0.15) is 11.5 Å². The van der Waals surface area contributed by atoms with Crippen LogP contribution in [0.15, 0.2) is 22.9 Å². The van der Waals surface area contributed by atoms with Gasteiger partial charge in [-0.05, 0) is 50.7 Å². The topological polar surface area (TPSA) is 74.2 Å². The van der Waals surface area contributed by atoms with Crippen molar-refractivity contribution in [3.63, 3.8) is 0 Å². The molecule has 2 N–H and O–H groups in total. The number of hydrogen-bond donors (Lipinski definition) is 2. The predicted octanol–water partition coefficient (Wildman–Crippen LogP) is 3.35. The lowest BCUT2D eigenvalue weighted by Crippen LogP contribution is -2.50. The number of amides is 2. The molecular formula is C19H26N4O2. The zero-order valence-corrected chi connectivity index (χ0v) is 14.9. The Balaban J connectivity index is 1.46. The van der Waals surface area contributed by atoms with E-state index in [0.29, 0.717) is 5.92 Å². The summed E-state index contributed by atoms with van der Waals surface area (Å²) >= 11 is 0. The third kappa shape index (κ3) is 3.30. The number of imidazole rings is 1. The molecule has 25 heavy (non-hydrogen) atoms. The molecule has 2 amide bonds. The van der Waals surface area contributed by atoms with Gasteiger partial charge in [-0.1, -0.05) is 6.92 Å². The SMILES string of the molecule is Cc1ccc(C2CC(C)CCN2C(=O)NC2CCc3nc[nH]c3C2)o1. The average Bonchev–Trinajstić information content (AvgIpc) is 3.23. The van der Waals surface area contributed by atoms with Gasteiger partial charge in [0.2, 0.25) is 0 Å². The van der Waals surface area contributed by atoms with Crippen LogP contribution in [0.2, 0.25) is 0 Å². The maximum absolute atomic E-state index is 13.0. The van der Waals surface area contributed by atoms with Crippen LogP contribution < -0.4 is 5.32 Å². The van der Waals surface area contributed by atoms with E-state index in [-0.39, 0.29) is 18.1 Å². The number of hydrogen-bond acceptors (Lipinski definition) is 3. The van der Waals surface area contributed by atoms with Crippen LogP contribution in [0.3, 0.4) is 0 Å². The Hall–Kier alpha value is -2.24. The zero-order valence-electron chi connectivity index (χ0n) is 14.9. The fraction of sp³-hybridized carbons (Fsp3) is 0.579. The smallest absolute Gasteiger partial charge is 0.318 e. The van der Waals surface area contributed by atoms with Crippen LogP contribution in [-0.2, 0) is 12.8 Å². The number of nitrogens with one attached hydrogen (secondary N) is 2. The van der Waals surface area contributed by atoms with E-state index in [1.807, 2.05) is 24.0 Å². The minimum Gasteiger partial charge on any atom is -0.464 e. The summed E-state index contributed by atoms with van der Waals surface area (Å²) in [6.07, 6.45) is 6.43. The van der Waals surface area contributed by atoms with Crippen molar-refractivity contribution in [2.45, 2.75) is 58.0 Å². The molecule has 2 aromatic heterocycles. The first-order valence-corrected chi connectivity index (χ1v) is 9.24. The second kappa shape index (κ2) is 6.58. The van der Waals surface area contributed by atoms with Crippen LogP contribution in [-0.4, -0.2) is 33.5 Å². The Kier molecular flexibility index (Phi) is 4.27. The Morgan fingerprint density at radius 1 is 1.40 bits per heavy atom. The van der Waals surface area contributed by atoms with Crippen molar-refractivity contribution in [2.75, 3.05) is 6.54 Å². The van der Waals surface area contributed by atoms with Gasteiger partial charge in [0.25, 0.3) is 0 Å². The molecule has 4 rings (SSSR count). The van der Waals surface area contributed by atoms with E-state index < -0.39 is 0 Å². The van der Waals surface area contributed by atoms with Crippen molar-refractivity contribution in [3.8, 4) is 0 Å². The number of rotatable bonds is 2. The molecule has 1 aliphatic heterocycles. The van der Waals surface area contributed by atoms with E-state index in [1.54, 1.807) is 6.33 Å². The fourth-order valence-corrected chi connectivity index (χ4v) is 4.07. The normalized spacial score (nSPS) is 26.3. The molecule has 6 heteroatoms. The third-order valence-corrected chi connectivity index (χ3v) is 5.53. The van der Waals surface area contributed by atoms with Gasteiger partial charge in [-0.3, -0.25) is 0 Å². The van der Waals surface area contributed by atoms with Gasteiger partial charge in [-0.2, -0.15) is 0 Å². The number of urea groups is 1. The van der Waals surface area contributed by atoms with Crippen LogP contribution in [0.1, 0.15) is 55.1 Å². The van der Waals surface area contributed by atoms with Crippen molar-refractivity contribution >= 4 is 6.03 Å². The maximum Gasteiger partial charge on any atom is 0.318 e. The molecule has 2 aliphatic rings. The number of aryl methyl sites for hydroxylation is 2. The molecule has 0 saturated carbocycles. The molecule has 134 valence electrons. The summed E-state index contributed by atoms with van der Waals surface area (Å²) in [5.74, 6) is 2.40. The van der Waals surface area contributed by atoms with Gasteiger partial charge in [0, 0.05) is 24.7 Å². The monoisotopic (exact) mass is 342 g/mol. The van der Waals surface area contributed by atoms with Gasteiger partial charge >= 0.3 is 6.03 Å². The maximum atomic E-state index is 13.0. The second-order valence-electron chi connectivity index (χ2n) is 7.50. The molecule has 1 aliphatic carbocycles. The molecule has 0 bridgehead atoms. The number of carbonyl (C=O) groups excluding carboxylic acids is 1. The van der Waals surface area contributed by atoms with Crippen molar-refractivity contribution in [3.05, 3.63) is 41.4 Å². The van der Waals surface area contributed by atoms with Gasteiger partial charge < -0.3 is 19.6 Å². The summed E-state index contributed by atoms with van der Waals surface area (Å²) < 4.78 is 5.84. The van der Waals surface area contributed by atoms with Crippen molar-refractivity contribution < 1.29 is 9.21 Å². The minimum atomic E-state index is 0.0268. The second-order valence-corrected chi connectivity index (χ2v) is 7.50. The Morgan fingerprint density at radius 3 is 3.08 bits per heavy atom. The first-order chi connectivity index (χ1) is 12.1. The number of aromatic amines is 1. The number of carbonyl (C=O) groups is 1. The average molecular weight is 342 g/mol. The fourth-order valence-electron chi connectivity index (χ4n) is 4.07. The van der Waals surface area contributed by atoms with E-state index in [4.69, 9.17) is 4.42 Å². The lowest BCUT2D eigenvalue weighted by atomic mass is 9.91. The first-order valence-electron chi connectivity index (χ1n) is 9.24. The Morgan fingerprint density at radius 2 is 2.28 bits per heavy atom. The third-order valence-electron chi connectivity index (χ3n) is 5.53. The molecule has 0 spiro atoms. The number of aromatic nitrogens is 2. The Bertz CT molecular complexity index is 750. The number of likely N-dealkylation sites (tertiary alicyclic amines) is 1. The summed E-state index contributed by atoms with van der Waals surface area (Å²) in [6, 6.07) is 4.21. The van der Waals surface area contributed by atoms with Gasteiger partial charge in [-0.15, -0.1) is 0 Å². The Labute approximate surface area is 148 Å². The summed E-state index contributed by atoms with van der Waals surface area (Å²) in [7, 11) is 0. The van der Waals surface area contributed by atoms with Crippen molar-refractivity contribution in [1.29, 1.82) is 0 Å². The highest BCUT2D eigenvalue weighted by molar-refractivity contribution is 5.75. The van der Waals surface area contributed by atoms with Gasteiger partial charge in [0.05, 0.1) is 18.1 Å². The largest absolute Gasteiger partial charge is 0.464 e. The van der Waals surface area contributed by atoms with Crippen LogP contribution in [0.25, 0.3) is 0 Å². The van der Waals surface area contributed by atoms with Crippen molar-refractivity contribution in [2.24, 2.45) is 5.92 Å². The molecule has 2 aromatic rings. The number of H-pyrrole nitrogens is 1. The quantitative estimate of drug-likeness (QED) is 0.879. The van der Waals surface area contributed by atoms with Crippen LogP contribution in [0.4, 0.5) is 4.79 Å². The first kappa shape index (κ1) is 16.2. The molecule has 3 atom stereocenters. The summed E-state index contributed by atoms with van der Waals surface area (Å²) in [5, 5.41) is 3.24. The minimum absolute atomic E-state index is 0.0268. The molecule has 3 heterocycles. The van der Waals surface area contributed by atoms with E-state index in [2.05, 4.69) is 22.2 Å².